The van der Waals surface area contributed by atoms with Gasteiger partial charge in [-0.25, -0.2) is 13.4 Å². The zero-order valence-corrected chi connectivity index (χ0v) is 19.2. The molecule has 1 N–H and O–H groups in total. The molecule has 0 aliphatic heterocycles. The number of halogens is 1. The lowest BCUT2D eigenvalue weighted by molar-refractivity contribution is -0.117. The first-order chi connectivity index (χ1) is 15.9. The number of benzene rings is 3. The molecule has 5 nitrogen and oxygen atoms in total. The van der Waals surface area contributed by atoms with E-state index in [2.05, 4.69) is 9.71 Å². The van der Waals surface area contributed by atoms with Gasteiger partial charge in [0.15, 0.2) is 0 Å². The molecule has 1 heterocycles. The summed E-state index contributed by atoms with van der Waals surface area (Å²) in [5.41, 5.74) is 3.48. The molecule has 0 atom stereocenters. The van der Waals surface area contributed by atoms with Gasteiger partial charge in [0.2, 0.25) is 0 Å². The number of Topliss-reactive ketones (excluding diaryl/α,β-unsaturated/α-hetero) is 1. The number of nitrogens with one attached hydrogen (secondary N) is 1. The average molecular weight is 477 g/mol. The molecule has 0 unspecified atom stereocenters. The Labute approximate surface area is 198 Å². The number of sulfonamides is 1. The number of hydrogen-bond donors (Lipinski definition) is 1. The SMILES string of the molecule is O=C(Cc1ccc(NS(=O)(=O)c2ccccc2-c2ccccc2)cc1)Cc1ccnc(Cl)c1. The van der Waals surface area contributed by atoms with Crippen molar-refractivity contribution in [2.75, 3.05) is 4.72 Å². The zero-order valence-electron chi connectivity index (χ0n) is 17.6. The minimum atomic E-state index is -3.81. The predicted octanol–water partition coefficient (Wildman–Crippen LogP) is 5.56. The van der Waals surface area contributed by atoms with Crippen molar-refractivity contribution in [3.8, 4) is 11.1 Å². The molecule has 0 radical (unpaired) electrons. The molecule has 166 valence electrons. The second-order valence-corrected chi connectivity index (χ2v) is 9.58. The third-order valence-electron chi connectivity index (χ3n) is 5.06. The van der Waals surface area contributed by atoms with Crippen LogP contribution in [0.4, 0.5) is 5.69 Å². The number of ketones is 1. The number of pyridine rings is 1. The molecule has 0 saturated heterocycles. The number of carbonyl (C=O) groups excluding carboxylic acids is 1. The molecule has 0 aliphatic carbocycles. The van der Waals surface area contributed by atoms with E-state index in [1.165, 1.54) is 0 Å². The molecule has 0 saturated carbocycles. The van der Waals surface area contributed by atoms with E-state index in [1.54, 1.807) is 60.8 Å². The summed E-state index contributed by atoms with van der Waals surface area (Å²) < 4.78 is 28.9. The number of rotatable bonds is 8. The number of carbonyl (C=O) groups is 1. The van der Waals surface area contributed by atoms with Crippen LogP contribution in [0.3, 0.4) is 0 Å². The van der Waals surface area contributed by atoms with E-state index in [0.717, 1.165) is 16.7 Å². The van der Waals surface area contributed by atoms with Gasteiger partial charge in [-0.1, -0.05) is 72.3 Å². The fourth-order valence-electron chi connectivity index (χ4n) is 3.53. The summed E-state index contributed by atoms with van der Waals surface area (Å²) in [5.74, 6) is 0.0300. The van der Waals surface area contributed by atoms with E-state index < -0.39 is 10.0 Å². The Bertz CT molecular complexity index is 1370. The van der Waals surface area contributed by atoms with Crippen LogP contribution >= 0.6 is 11.6 Å². The van der Waals surface area contributed by atoms with Crippen molar-refractivity contribution in [3.05, 3.63) is 113 Å². The number of nitrogens with zero attached hydrogens (tertiary/aromatic N) is 1. The van der Waals surface area contributed by atoms with E-state index in [4.69, 9.17) is 11.6 Å². The molecule has 4 aromatic rings. The fourth-order valence-corrected chi connectivity index (χ4v) is 5.01. The third-order valence-corrected chi connectivity index (χ3v) is 6.71. The highest BCUT2D eigenvalue weighted by Crippen LogP contribution is 2.28. The first-order valence-electron chi connectivity index (χ1n) is 10.3. The summed E-state index contributed by atoms with van der Waals surface area (Å²) in [5, 5.41) is 0.353. The van der Waals surface area contributed by atoms with E-state index in [9.17, 15) is 13.2 Å². The van der Waals surface area contributed by atoms with Crippen molar-refractivity contribution in [2.24, 2.45) is 0 Å². The molecule has 7 heteroatoms. The first-order valence-corrected chi connectivity index (χ1v) is 12.2. The van der Waals surface area contributed by atoms with Crippen molar-refractivity contribution < 1.29 is 13.2 Å². The van der Waals surface area contributed by atoms with Gasteiger partial charge in [-0.3, -0.25) is 9.52 Å². The van der Waals surface area contributed by atoms with Crippen molar-refractivity contribution in [1.29, 1.82) is 0 Å². The topological polar surface area (TPSA) is 76.1 Å². The van der Waals surface area contributed by atoms with Gasteiger partial charge >= 0.3 is 0 Å². The molecule has 3 aromatic carbocycles. The maximum Gasteiger partial charge on any atom is 0.262 e. The highest BCUT2D eigenvalue weighted by Gasteiger charge is 2.19. The standard InChI is InChI=1S/C26H21ClN2O3S/c27-26-18-20(14-15-28-26)17-23(30)16-19-10-12-22(13-11-19)29-33(31,32)25-9-5-4-8-24(25)21-6-2-1-3-7-21/h1-15,18,29H,16-17H2. The van der Waals surface area contributed by atoms with Gasteiger partial charge in [-0.15, -0.1) is 0 Å². The zero-order chi connectivity index (χ0) is 23.3. The molecular weight excluding hydrogens is 456 g/mol. The van der Waals surface area contributed by atoms with Crippen LogP contribution in [-0.4, -0.2) is 19.2 Å². The lowest BCUT2D eigenvalue weighted by atomic mass is 10.0. The fraction of sp³-hybridized carbons (Fsp3) is 0.0769. The summed E-state index contributed by atoms with van der Waals surface area (Å²) in [6, 6.07) is 26.5. The van der Waals surface area contributed by atoms with Gasteiger partial charge in [0.05, 0.1) is 4.90 Å². The quantitative estimate of drug-likeness (QED) is 0.338. The van der Waals surface area contributed by atoms with Crippen LogP contribution in [-0.2, 0) is 27.7 Å². The Hall–Kier alpha value is -3.48. The number of hydrogen-bond acceptors (Lipinski definition) is 4. The second kappa shape index (κ2) is 9.98. The van der Waals surface area contributed by atoms with Crippen LogP contribution in [0, 0.1) is 0 Å². The second-order valence-electron chi connectivity index (χ2n) is 7.54. The van der Waals surface area contributed by atoms with Gasteiger partial charge in [-0.2, -0.15) is 0 Å². The van der Waals surface area contributed by atoms with Gasteiger partial charge in [-0.05, 0) is 47.0 Å². The minimum Gasteiger partial charge on any atom is -0.299 e. The Kier molecular flexibility index (Phi) is 6.87. The third kappa shape index (κ3) is 5.86. The van der Waals surface area contributed by atoms with Crippen LogP contribution < -0.4 is 4.72 Å². The number of anilines is 1. The summed E-state index contributed by atoms with van der Waals surface area (Å²) in [4.78, 5) is 16.5. The van der Waals surface area contributed by atoms with Gasteiger partial charge < -0.3 is 0 Å². The monoisotopic (exact) mass is 476 g/mol. The number of aromatic nitrogens is 1. The van der Waals surface area contributed by atoms with Gasteiger partial charge in [0.1, 0.15) is 10.9 Å². The smallest absolute Gasteiger partial charge is 0.262 e. The Morgan fingerprint density at radius 3 is 2.21 bits per heavy atom. The van der Waals surface area contributed by atoms with Crippen molar-refractivity contribution in [1.82, 2.24) is 4.98 Å². The van der Waals surface area contributed by atoms with Crippen LogP contribution in [0.1, 0.15) is 11.1 Å². The summed E-state index contributed by atoms with van der Waals surface area (Å²) in [7, 11) is -3.81. The summed E-state index contributed by atoms with van der Waals surface area (Å²) in [6.45, 7) is 0. The predicted molar refractivity (Wildman–Crippen MR) is 131 cm³/mol. The highest BCUT2D eigenvalue weighted by molar-refractivity contribution is 7.92. The summed E-state index contributed by atoms with van der Waals surface area (Å²) in [6.07, 6.45) is 2.07. The van der Waals surface area contributed by atoms with E-state index in [-0.39, 0.29) is 23.5 Å². The van der Waals surface area contributed by atoms with Crippen LogP contribution in [0.2, 0.25) is 5.15 Å². The largest absolute Gasteiger partial charge is 0.299 e. The van der Waals surface area contributed by atoms with Gasteiger partial charge in [0, 0.05) is 30.3 Å². The minimum absolute atomic E-state index is 0.0300. The lowest BCUT2D eigenvalue weighted by Gasteiger charge is -2.13. The molecule has 4 rings (SSSR count). The lowest BCUT2D eigenvalue weighted by Crippen LogP contribution is -2.14. The van der Waals surface area contributed by atoms with Crippen LogP contribution in [0.15, 0.2) is 102 Å². The van der Waals surface area contributed by atoms with Crippen molar-refractivity contribution in [3.63, 3.8) is 0 Å². The Balaban J connectivity index is 1.46. The van der Waals surface area contributed by atoms with E-state index in [0.29, 0.717) is 16.4 Å². The first kappa shape index (κ1) is 22.7. The molecule has 0 aliphatic rings. The maximum absolute atomic E-state index is 13.1. The molecular formula is C26H21ClN2O3S. The molecule has 0 bridgehead atoms. The molecule has 0 fully saturated rings. The van der Waals surface area contributed by atoms with Crippen molar-refractivity contribution >= 4 is 33.1 Å². The Morgan fingerprint density at radius 1 is 0.818 bits per heavy atom. The molecule has 0 spiro atoms. The highest BCUT2D eigenvalue weighted by atomic mass is 35.5. The molecule has 33 heavy (non-hydrogen) atoms. The van der Waals surface area contributed by atoms with Gasteiger partial charge in [0.25, 0.3) is 10.0 Å². The van der Waals surface area contributed by atoms with Crippen LogP contribution in [0.25, 0.3) is 11.1 Å². The average Bonchev–Trinajstić information content (AvgIpc) is 2.81. The summed E-state index contributed by atoms with van der Waals surface area (Å²) >= 11 is 5.87. The maximum atomic E-state index is 13.1. The molecule has 0 amide bonds. The molecule has 1 aromatic heterocycles. The normalized spacial score (nSPS) is 11.2. The van der Waals surface area contributed by atoms with E-state index in [1.807, 2.05) is 36.4 Å². The van der Waals surface area contributed by atoms with E-state index >= 15 is 0 Å². The van der Waals surface area contributed by atoms with Crippen molar-refractivity contribution in [2.45, 2.75) is 17.7 Å². The van der Waals surface area contributed by atoms with Crippen LogP contribution in [0.5, 0.6) is 0 Å². The Morgan fingerprint density at radius 2 is 1.48 bits per heavy atom.